The minimum absolute atomic E-state index is 0.0499. The molecule has 1 aliphatic rings. The van der Waals surface area contributed by atoms with Crippen molar-refractivity contribution in [3.8, 4) is 11.1 Å². The molecule has 32 heavy (non-hydrogen) atoms. The first-order chi connectivity index (χ1) is 15.7. The highest BCUT2D eigenvalue weighted by molar-refractivity contribution is 7.18. The summed E-state index contributed by atoms with van der Waals surface area (Å²) in [6.45, 7) is 1.24. The lowest BCUT2D eigenvalue weighted by atomic mass is 10.1. The molecule has 160 valence electrons. The van der Waals surface area contributed by atoms with Crippen molar-refractivity contribution in [3.05, 3.63) is 83.4 Å². The highest BCUT2D eigenvalue weighted by atomic mass is 32.1. The first-order valence-corrected chi connectivity index (χ1v) is 11.6. The second kappa shape index (κ2) is 8.93. The predicted molar refractivity (Wildman–Crippen MR) is 129 cm³/mol. The van der Waals surface area contributed by atoms with Crippen LogP contribution in [0, 0.1) is 0 Å². The van der Waals surface area contributed by atoms with E-state index in [0.717, 1.165) is 45.0 Å². The van der Waals surface area contributed by atoms with E-state index in [9.17, 15) is 9.59 Å². The molecule has 0 saturated carbocycles. The topological polar surface area (TPSA) is 62.3 Å². The van der Waals surface area contributed by atoms with E-state index in [1.807, 2.05) is 53.4 Å². The highest BCUT2D eigenvalue weighted by Crippen LogP contribution is 2.28. The molecule has 4 aromatic rings. The fraction of sp³-hybridized carbons (Fsp3) is 0.192. The molecule has 5 nitrogen and oxygen atoms in total. The Labute approximate surface area is 190 Å². The standard InChI is InChI=1S/C26H23N3O2S/c30-24(27-17-18-8-11-21(12-9-18)29-14-4-7-26(29)31)16-25-28-22-13-10-20(15-23(22)32-25)19-5-2-1-3-6-19/h1-3,5-6,8-13,15H,4,7,14,16-17H2,(H,27,30). The summed E-state index contributed by atoms with van der Waals surface area (Å²) in [4.78, 5) is 30.8. The number of carbonyl (C=O) groups is 2. The van der Waals surface area contributed by atoms with E-state index in [2.05, 4.69) is 34.6 Å². The van der Waals surface area contributed by atoms with Gasteiger partial charge in [-0.2, -0.15) is 0 Å². The molecular formula is C26H23N3O2S. The summed E-state index contributed by atoms with van der Waals surface area (Å²) in [6.07, 6.45) is 1.80. The van der Waals surface area contributed by atoms with Crippen LogP contribution in [0.5, 0.6) is 0 Å². The summed E-state index contributed by atoms with van der Waals surface area (Å²) in [5.41, 5.74) is 5.17. The van der Waals surface area contributed by atoms with E-state index in [1.54, 1.807) is 11.3 Å². The van der Waals surface area contributed by atoms with Crippen molar-refractivity contribution < 1.29 is 9.59 Å². The molecule has 0 unspecified atom stereocenters. The average molecular weight is 442 g/mol. The third-order valence-electron chi connectivity index (χ3n) is 5.66. The van der Waals surface area contributed by atoms with Gasteiger partial charge >= 0.3 is 0 Å². The van der Waals surface area contributed by atoms with Gasteiger partial charge in [0.25, 0.3) is 0 Å². The van der Waals surface area contributed by atoms with E-state index in [1.165, 1.54) is 5.56 Å². The summed E-state index contributed by atoms with van der Waals surface area (Å²) >= 11 is 1.56. The molecule has 0 spiro atoms. The molecule has 0 aliphatic carbocycles. The van der Waals surface area contributed by atoms with Crippen LogP contribution in [0.25, 0.3) is 21.3 Å². The number of nitrogens with zero attached hydrogens (tertiary/aromatic N) is 2. The third-order valence-corrected chi connectivity index (χ3v) is 6.68. The Morgan fingerprint density at radius 1 is 1.00 bits per heavy atom. The highest BCUT2D eigenvalue weighted by Gasteiger charge is 2.21. The predicted octanol–water partition coefficient (Wildman–Crippen LogP) is 4.95. The van der Waals surface area contributed by atoms with Crippen molar-refractivity contribution in [1.29, 1.82) is 0 Å². The van der Waals surface area contributed by atoms with Gasteiger partial charge in [0.2, 0.25) is 11.8 Å². The molecular weight excluding hydrogens is 418 g/mol. The van der Waals surface area contributed by atoms with Crippen molar-refractivity contribution in [2.75, 3.05) is 11.4 Å². The lowest BCUT2D eigenvalue weighted by Crippen LogP contribution is -2.25. The average Bonchev–Trinajstić information content (AvgIpc) is 3.43. The second-order valence-electron chi connectivity index (χ2n) is 7.93. The van der Waals surface area contributed by atoms with E-state index >= 15 is 0 Å². The number of hydrogen-bond donors (Lipinski definition) is 1. The van der Waals surface area contributed by atoms with Crippen LogP contribution in [0.3, 0.4) is 0 Å². The summed E-state index contributed by atoms with van der Waals surface area (Å²) in [5.74, 6) is 0.129. The molecule has 0 radical (unpaired) electrons. The molecule has 0 bridgehead atoms. The van der Waals surface area contributed by atoms with Crippen molar-refractivity contribution in [2.24, 2.45) is 0 Å². The second-order valence-corrected chi connectivity index (χ2v) is 9.04. The molecule has 1 N–H and O–H groups in total. The summed E-state index contributed by atoms with van der Waals surface area (Å²) in [5, 5.41) is 3.78. The van der Waals surface area contributed by atoms with Crippen LogP contribution in [0.15, 0.2) is 72.8 Å². The van der Waals surface area contributed by atoms with Crippen LogP contribution in [0.2, 0.25) is 0 Å². The smallest absolute Gasteiger partial charge is 0.227 e. The van der Waals surface area contributed by atoms with Crippen LogP contribution in [-0.4, -0.2) is 23.3 Å². The zero-order chi connectivity index (χ0) is 21.9. The molecule has 5 rings (SSSR count). The van der Waals surface area contributed by atoms with Crippen molar-refractivity contribution in [3.63, 3.8) is 0 Å². The summed E-state index contributed by atoms with van der Waals surface area (Å²) in [6, 6.07) is 24.3. The van der Waals surface area contributed by atoms with E-state index in [4.69, 9.17) is 0 Å². The van der Waals surface area contributed by atoms with Crippen LogP contribution in [0.4, 0.5) is 5.69 Å². The summed E-state index contributed by atoms with van der Waals surface area (Å²) < 4.78 is 1.08. The van der Waals surface area contributed by atoms with Gasteiger partial charge < -0.3 is 10.2 Å². The molecule has 1 aromatic heterocycles. The van der Waals surface area contributed by atoms with Crippen LogP contribution < -0.4 is 10.2 Å². The van der Waals surface area contributed by atoms with Gasteiger partial charge in [-0.3, -0.25) is 9.59 Å². The SMILES string of the molecule is O=C(Cc1nc2ccc(-c3ccccc3)cc2s1)NCc1ccc(N2CCCC2=O)cc1. The fourth-order valence-electron chi connectivity index (χ4n) is 3.97. The Morgan fingerprint density at radius 2 is 1.81 bits per heavy atom. The number of rotatable bonds is 6. The molecule has 3 aromatic carbocycles. The fourth-order valence-corrected chi connectivity index (χ4v) is 4.98. The molecule has 2 heterocycles. The molecule has 1 fully saturated rings. The van der Waals surface area contributed by atoms with Crippen molar-refractivity contribution >= 4 is 39.1 Å². The minimum Gasteiger partial charge on any atom is -0.352 e. The molecule has 1 aliphatic heterocycles. The lowest BCUT2D eigenvalue weighted by molar-refractivity contribution is -0.120. The van der Waals surface area contributed by atoms with Gasteiger partial charge in [-0.1, -0.05) is 48.5 Å². The first kappa shape index (κ1) is 20.4. The molecule has 1 saturated heterocycles. The monoisotopic (exact) mass is 441 g/mol. The number of amides is 2. The zero-order valence-electron chi connectivity index (χ0n) is 17.6. The number of nitrogens with one attached hydrogen (secondary N) is 1. The zero-order valence-corrected chi connectivity index (χ0v) is 18.4. The van der Waals surface area contributed by atoms with Crippen LogP contribution in [-0.2, 0) is 22.6 Å². The molecule has 6 heteroatoms. The van der Waals surface area contributed by atoms with Crippen LogP contribution >= 0.6 is 11.3 Å². The van der Waals surface area contributed by atoms with E-state index in [-0.39, 0.29) is 18.2 Å². The number of anilines is 1. The number of hydrogen-bond acceptors (Lipinski definition) is 4. The van der Waals surface area contributed by atoms with Gasteiger partial charge in [0.15, 0.2) is 0 Å². The quantitative estimate of drug-likeness (QED) is 0.461. The van der Waals surface area contributed by atoms with E-state index < -0.39 is 0 Å². The van der Waals surface area contributed by atoms with E-state index in [0.29, 0.717) is 13.0 Å². The molecule has 2 amide bonds. The number of thiazole rings is 1. The Morgan fingerprint density at radius 3 is 2.56 bits per heavy atom. The van der Waals surface area contributed by atoms with Gasteiger partial charge in [-0.15, -0.1) is 11.3 Å². The maximum Gasteiger partial charge on any atom is 0.227 e. The number of fused-ring (bicyclic) bond motifs is 1. The number of benzene rings is 3. The van der Waals surface area contributed by atoms with Gasteiger partial charge in [-0.25, -0.2) is 4.98 Å². The lowest BCUT2D eigenvalue weighted by Gasteiger charge is -2.16. The first-order valence-electron chi connectivity index (χ1n) is 10.8. The maximum absolute atomic E-state index is 12.5. The normalized spacial score (nSPS) is 13.6. The van der Waals surface area contributed by atoms with Crippen molar-refractivity contribution in [1.82, 2.24) is 10.3 Å². The Balaban J connectivity index is 1.20. The largest absolute Gasteiger partial charge is 0.352 e. The maximum atomic E-state index is 12.5. The Bertz CT molecular complexity index is 1270. The van der Waals surface area contributed by atoms with Crippen LogP contribution in [0.1, 0.15) is 23.4 Å². The Hall–Kier alpha value is -3.51. The van der Waals surface area contributed by atoms with Crippen molar-refractivity contribution in [2.45, 2.75) is 25.8 Å². The number of carbonyl (C=O) groups excluding carboxylic acids is 2. The Kier molecular flexibility index (Phi) is 5.69. The van der Waals surface area contributed by atoms with Gasteiger partial charge in [-0.05, 0) is 47.4 Å². The molecule has 0 atom stereocenters. The van der Waals surface area contributed by atoms with Gasteiger partial charge in [0.1, 0.15) is 5.01 Å². The van der Waals surface area contributed by atoms with Gasteiger partial charge in [0.05, 0.1) is 16.6 Å². The van der Waals surface area contributed by atoms with Gasteiger partial charge in [0, 0.05) is 25.2 Å². The third kappa shape index (κ3) is 4.41. The minimum atomic E-state index is -0.0499. The number of aromatic nitrogens is 1. The summed E-state index contributed by atoms with van der Waals surface area (Å²) in [7, 11) is 0.